The number of likely N-dealkylation sites (tertiary alicyclic amines) is 1. The zero-order valence-corrected chi connectivity index (χ0v) is 19.3. The number of rotatable bonds is 4. The third-order valence-electron chi connectivity index (χ3n) is 8.30. The molecule has 7 nitrogen and oxygen atoms in total. The molecule has 4 aliphatic rings. The number of urea groups is 1. The average Bonchev–Trinajstić information content (AvgIpc) is 3.41. The van der Waals surface area contributed by atoms with Crippen LogP contribution < -0.4 is 10.6 Å². The topological polar surface area (TPSA) is 73.9 Å². The van der Waals surface area contributed by atoms with E-state index in [2.05, 4.69) is 39.8 Å². The van der Waals surface area contributed by atoms with E-state index < -0.39 is 0 Å². The van der Waals surface area contributed by atoms with Gasteiger partial charge in [-0.3, -0.25) is 4.79 Å². The Labute approximate surface area is 190 Å². The van der Waals surface area contributed by atoms with Gasteiger partial charge in [0.15, 0.2) is 0 Å². The predicted molar refractivity (Wildman–Crippen MR) is 122 cm³/mol. The minimum absolute atomic E-state index is 0.0137. The largest absolute Gasteiger partial charge is 0.466 e. The number of nitrogens with one attached hydrogen (secondary N) is 2. The molecule has 3 aliphatic heterocycles. The standard InChI is InChI=1S/C25H36N4O3/c1-3-32-23(30)19-12-25(27-15-19)13-20(14-25)28-10-8-17(9-11-28)22-21-7-5-4-6-18(21)16-29(22)24(31)26-2/h4-7,17,19-20,22,27H,3,8-16H2,1-2H3,(H,26,31). The second-order valence-corrected chi connectivity index (χ2v) is 10.1. The summed E-state index contributed by atoms with van der Waals surface area (Å²) in [5, 5.41) is 6.48. The van der Waals surface area contributed by atoms with Crippen LogP contribution in [0.1, 0.15) is 56.2 Å². The molecular formula is C25H36N4O3. The number of nitrogens with zero attached hydrogens (tertiary/aromatic N) is 2. The van der Waals surface area contributed by atoms with Crippen LogP contribution in [0.4, 0.5) is 4.79 Å². The SMILES string of the molecule is CCOC(=O)C1CNC2(C1)CC(N1CCC(C3c4ccccc4CN3C(=O)NC)CC1)C2. The number of carbonyl (C=O) groups excluding carboxylic acids is 2. The summed E-state index contributed by atoms with van der Waals surface area (Å²) in [4.78, 5) is 29.4. The normalized spacial score (nSPS) is 32.6. The van der Waals surface area contributed by atoms with Gasteiger partial charge in [0.2, 0.25) is 0 Å². The molecule has 2 unspecified atom stereocenters. The fraction of sp³-hybridized carbons (Fsp3) is 0.680. The van der Waals surface area contributed by atoms with Crippen LogP contribution in [0.15, 0.2) is 24.3 Å². The zero-order chi connectivity index (χ0) is 22.3. The van der Waals surface area contributed by atoms with Gasteiger partial charge in [-0.15, -0.1) is 0 Å². The highest BCUT2D eigenvalue weighted by atomic mass is 16.5. The number of benzene rings is 1. The van der Waals surface area contributed by atoms with Crippen LogP contribution in [-0.4, -0.2) is 66.7 Å². The van der Waals surface area contributed by atoms with Crippen LogP contribution in [0.3, 0.4) is 0 Å². The molecule has 0 radical (unpaired) electrons. The van der Waals surface area contributed by atoms with Crippen LogP contribution in [0.2, 0.25) is 0 Å². The molecule has 1 spiro atoms. The lowest BCUT2D eigenvalue weighted by Crippen LogP contribution is -2.61. The molecule has 1 aromatic carbocycles. The first kappa shape index (κ1) is 21.7. The summed E-state index contributed by atoms with van der Waals surface area (Å²) in [6.07, 6.45) is 5.41. The monoisotopic (exact) mass is 440 g/mol. The maximum Gasteiger partial charge on any atom is 0.317 e. The van der Waals surface area contributed by atoms with Crippen molar-refractivity contribution in [3.63, 3.8) is 0 Å². The zero-order valence-electron chi connectivity index (χ0n) is 19.3. The average molecular weight is 441 g/mol. The molecule has 2 saturated heterocycles. The van der Waals surface area contributed by atoms with Gasteiger partial charge in [-0.2, -0.15) is 0 Å². The number of hydrogen-bond donors (Lipinski definition) is 2. The molecule has 2 amide bonds. The van der Waals surface area contributed by atoms with Gasteiger partial charge >= 0.3 is 12.0 Å². The lowest BCUT2D eigenvalue weighted by Gasteiger charge is -2.52. The van der Waals surface area contributed by atoms with E-state index in [9.17, 15) is 9.59 Å². The lowest BCUT2D eigenvalue weighted by molar-refractivity contribution is -0.147. The van der Waals surface area contributed by atoms with Gasteiger partial charge in [-0.25, -0.2) is 4.79 Å². The Balaban J connectivity index is 1.17. The van der Waals surface area contributed by atoms with Gasteiger partial charge in [0.25, 0.3) is 0 Å². The van der Waals surface area contributed by atoms with Crippen molar-refractivity contribution in [2.75, 3.05) is 33.3 Å². The number of amides is 2. The Morgan fingerprint density at radius 3 is 2.66 bits per heavy atom. The van der Waals surface area contributed by atoms with E-state index in [1.54, 1.807) is 7.05 Å². The minimum atomic E-state index is -0.0429. The lowest BCUT2D eigenvalue weighted by atomic mass is 9.69. The van der Waals surface area contributed by atoms with E-state index >= 15 is 0 Å². The Morgan fingerprint density at radius 2 is 1.94 bits per heavy atom. The van der Waals surface area contributed by atoms with E-state index in [0.717, 1.165) is 51.7 Å². The Kier molecular flexibility index (Phi) is 5.88. The number of fused-ring (bicyclic) bond motifs is 1. The molecule has 0 aromatic heterocycles. The van der Waals surface area contributed by atoms with Gasteiger partial charge in [-0.1, -0.05) is 24.3 Å². The van der Waals surface area contributed by atoms with Crippen molar-refractivity contribution in [2.24, 2.45) is 11.8 Å². The van der Waals surface area contributed by atoms with E-state index in [1.807, 2.05) is 11.8 Å². The molecule has 5 rings (SSSR count). The molecule has 3 fully saturated rings. The Hall–Kier alpha value is -2.12. The van der Waals surface area contributed by atoms with Gasteiger partial charge in [0.1, 0.15) is 0 Å². The van der Waals surface area contributed by atoms with Gasteiger partial charge in [-0.05, 0) is 69.2 Å². The summed E-state index contributed by atoms with van der Waals surface area (Å²) in [7, 11) is 1.72. The van der Waals surface area contributed by atoms with Crippen LogP contribution in [0.5, 0.6) is 0 Å². The van der Waals surface area contributed by atoms with Gasteiger partial charge in [0, 0.05) is 31.7 Å². The van der Waals surface area contributed by atoms with Crippen molar-refractivity contribution in [2.45, 2.75) is 63.2 Å². The molecule has 32 heavy (non-hydrogen) atoms. The Bertz CT molecular complexity index is 860. The fourth-order valence-corrected chi connectivity index (χ4v) is 6.66. The minimum Gasteiger partial charge on any atom is -0.466 e. The van der Waals surface area contributed by atoms with E-state index in [-0.39, 0.29) is 29.5 Å². The quantitative estimate of drug-likeness (QED) is 0.705. The van der Waals surface area contributed by atoms with Crippen molar-refractivity contribution < 1.29 is 14.3 Å². The van der Waals surface area contributed by atoms with Crippen LogP contribution in [0.25, 0.3) is 0 Å². The maximum absolute atomic E-state index is 12.6. The maximum atomic E-state index is 12.6. The van der Waals surface area contributed by atoms with Crippen LogP contribution >= 0.6 is 0 Å². The first-order valence-corrected chi connectivity index (χ1v) is 12.3. The summed E-state index contributed by atoms with van der Waals surface area (Å²) in [5.74, 6) is 0.470. The summed E-state index contributed by atoms with van der Waals surface area (Å²) >= 11 is 0. The summed E-state index contributed by atoms with van der Waals surface area (Å²) in [6, 6.07) is 9.35. The second kappa shape index (κ2) is 8.67. The molecular weight excluding hydrogens is 404 g/mol. The molecule has 1 saturated carbocycles. The Morgan fingerprint density at radius 1 is 1.19 bits per heavy atom. The summed E-state index contributed by atoms with van der Waals surface area (Å²) < 4.78 is 5.23. The first-order chi connectivity index (χ1) is 15.5. The van der Waals surface area contributed by atoms with Crippen LogP contribution in [0, 0.1) is 11.8 Å². The molecule has 2 N–H and O–H groups in total. The predicted octanol–water partition coefficient (Wildman–Crippen LogP) is 2.67. The number of esters is 1. The fourth-order valence-electron chi connectivity index (χ4n) is 6.66. The molecule has 174 valence electrons. The van der Waals surface area contributed by atoms with Crippen molar-refractivity contribution in [3.05, 3.63) is 35.4 Å². The number of hydrogen-bond acceptors (Lipinski definition) is 5. The molecule has 1 aliphatic carbocycles. The second-order valence-electron chi connectivity index (χ2n) is 10.1. The third-order valence-corrected chi connectivity index (χ3v) is 8.30. The third kappa shape index (κ3) is 3.79. The summed E-state index contributed by atoms with van der Waals surface area (Å²) in [5.41, 5.74) is 2.75. The molecule has 7 heteroatoms. The van der Waals surface area contributed by atoms with Crippen molar-refractivity contribution in [1.29, 1.82) is 0 Å². The first-order valence-electron chi connectivity index (χ1n) is 12.3. The summed E-state index contributed by atoms with van der Waals surface area (Å²) in [6.45, 7) is 5.98. The molecule has 1 aromatic rings. The van der Waals surface area contributed by atoms with E-state index in [0.29, 0.717) is 25.1 Å². The smallest absolute Gasteiger partial charge is 0.317 e. The highest BCUT2D eigenvalue weighted by molar-refractivity contribution is 5.75. The number of ether oxygens (including phenoxy) is 1. The number of carbonyl (C=O) groups is 2. The van der Waals surface area contributed by atoms with Crippen molar-refractivity contribution in [3.8, 4) is 0 Å². The van der Waals surface area contributed by atoms with E-state index in [1.165, 1.54) is 11.1 Å². The molecule has 0 bridgehead atoms. The van der Waals surface area contributed by atoms with Gasteiger partial charge < -0.3 is 25.2 Å². The van der Waals surface area contributed by atoms with E-state index in [4.69, 9.17) is 4.74 Å². The molecule has 2 atom stereocenters. The highest BCUT2D eigenvalue weighted by Gasteiger charge is 2.52. The van der Waals surface area contributed by atoms with Crippen LogP contribution in [-0.2, 0) is 16.1 Å². The highest BCUT2D eigenvalue weighted by Crippen LogP contribution is 2.47. The van der Waals surface area contributed by atoms with Gasteiger partial charge in [0.05, 0.1) is 18.6 Å². The van der Waals surface area contributed by atoms with Crippen molar-refractivity contribution >= 4 is 12.0 Å². The molecule has 3 heterocycles. The van der Waals surface area contributed by atoms with Crippen molar-refractivity contribution in [1.82, 2.24) is 20.4 Å². The number of piperidine rings is 1.